The molecule has 0 saturated carbocycles. The number of benzene rings is 3. The van der Waals surface area contributed by atoms with E-state index in [2.05, 4.69) is 5.32 Å². The Morgan fingerprint density at radius 3 is 2.26 bits per heavy atom. The van der Waals surface area contributed by atoms with E-state index < -0.39 is 0 Å². The Hall–Kier alpha value is -3.31. The van der Waals surface area contributed by atoms with Gasteiger partial charge in [0, 0.05) is 22.7 Å². The van der Waals surface area contributed by atoms with Crippen LogP contribution in [0.15, 0.2) is 66.7 Å². The highest BCUT2D eigenvalue weighted by Crippen LogP contribution is 2.19. The number of aryl methyl sites for hydroxylation is 2. The normalized spacial score (nSPS) is 10.4. The molecule has 0 aliphatic rings. The molecule has 0 bridgehead atoms. The maximum Gasteiger partial charge on any atom is 0.311 e. The number of ether oxygens (including phenoxy) is 2. The van der Waals surface area contributed by atoms with E-state index in [1.54, 1.807) is 48.5 Å². The molecule has 0 unspecified atom stereocenters. The molecule has 3 aromatic rings. The largest absolute Gasteiger partial charge is 0.494 e. The Labute approximate surface area is 187 Å². The van der Waals surface area contributed by atoms with Crippen molar-refractivity contribution in [3.8, 4) is 11.5 Å². The highest BCUT2D eigenvalue weighted by Gasteiger charge is 2.10. The molecule has 3 rings (SSSR count). The maximum absolute atomic E-state index is 12.5. The van der Waals surface area contributed by atoms with E-state index in [0.29, 0.717) is 35.1 Å². The summed E-state index contributed by atoms with van der Waals surface area (Å²) in [6, 6.07) is 19.4. The van der Waals surface area contributed by atoms with Crippen molar-refractivity contribution < 1.29 is 19.1 Å². The molecule has 0 aromatic heterocycles. The fourth-order valence-electron chi connectivity index (χ4n) is 2.94. The monoisotopic (exact) mass is 437 g/mol. The molecule has 0 fully saturated rings. The lowest BCUT2D eigenvalue weighted by Crippen LogP contribution is -2.13. The zero-order valence-electron chi connectivity index (χ0n) is 17.5. The molecule has 0 atom stereocenters. The summed E-state index contributed by atoms with van der Waals surface area (Å²) >= 11 is 5.83. The van der Waals surface area contributed by atoms with E-state index in [1.807, 2.05) is 32.0 Å². The van der Waals surface area contributed by atoms with Crippen molar-refractivity contribution in [1.82, 2.24) is 0 Å². The lowest BCUT2D eigenvalue weighted by Gasteiger charge is -2.10. The summed E-state index contributed by atoms with van der Waals surface area (Å²) in [5, 5.41) is 3.54. The summed E-state index contributed by atoms with van der Waals surface area (Å²) in [5.74, 6) is 0.524. The average Bonchev–Trinajstić information content (AvgIpc) is 2.75. The molecular weight excluding hydrogens is 414 g/mol. The SMILES string of the molecule is Cc1ccc(NC(=O)c2ccc(OC(=O)CCCOc3ccc(Cl)cc3)cc2)c(C)c1. The summed E-state index contributed by atoms with van der Waals surface area (Å²) in [7, 11) is 0. The first-order chi connectivity index (χ1) is 14.9. The average molecular weight is 438 g/mol. The number of hydrogen-bond donors (Lipinski definition) is 1. The van der Waals surface area contributed by atoms with Crippen LogP contribution >= 0.6 is 11.6 Å². The zero-order chi connectivity index (χ0) is 22.2. The summed E-state index contributed by atoms with van der Waals surface area (Å²) < 4.78 is 10.9. The first-order valence-corrected chi connectivity index (χ1v) is 10.4. The fourth-order valence-corrected chi connectivity index (χ4v) is 3.07. The lowest BCUT2D eigenvalue weighted by molar-refractivity contribution is -0.134. The van der Waals surface area contributed by atoms with Crippen LogP contribution < -0.4 is 14.8 Å². The first kappa shape index (κ1) is 22.4. The predicted octanol–water partition coefficient (Wildman–Crippen LogP) is 5.97. The second-order valence-corrected chi connectivity index (χ2v) is 7.61. The van der Waals surface area contributed by atoms with Gasteiger partial charge in [-0.2, -0.15) is 0 Å². The number of halogens is 1. The van der Waals surface area contributed by atoms with Crippen LogP contribution in [0.4, 0.5) is 5.69 Å². The van der Waals surface area contributed by atoms with Gasteiger partial charge in [-0.05, 0) is 80.4 Å². The topological polar surface area (TPSA) is 64.6 Å². The molecule has 0 radical (unpaired) electrons. The van der Waals surface area contributed by atoms with Gasteiger partial charge in [-0.1, -0.05) is 29.3 Å². The van der Waals surface area contributed by atoms with Crippen LogP contribution in [0.1, 0.15) is 34.3 Å². The Morgan fingerprint density at radius 2 is 1.58 bits per heavy atom. The van der Waals surface area contributed by atoms with Crippen LogP contribution in [-0.2, 0) is 4.79 Å². The second-order valence-electron chi connectivity index (χ2n) is 7.18. The Bertz CT molecular complexity index is 1050. The van der Waals surface area contributed by atoms with Gasteiger partial charge in [-0.3, -0.25) is 9.59 Å². The third-order valence-corrected chi connectivity index (χ3v) is 4.84. The van der Waals surface area contributed by atoms with Crippen molar-refractivity contribution in [1.29, 1.82) is 0 Å². The number of rotatable bonds is 8. The standard InChI is InChI=1S/C25H24ClNO4/c1-17-5-14-23(18(2)16-17)27-25(29)19-6-10-22(11-7-19)31-24(28)4-3-15-30-21-12-8-20(26)9-13-21/h5-14,16H,3-4,15H2,1-2H3,(H,27,29). The lowest BCUT2D eigenvalue weighted by atomic mass is 10.1. The van der Waals surface area contributed by atoms with Gasteiger partial charge in [0.25, 0.3) is 5.91 Å². The second kappa shape index (κ2) is 10.6. The number of hydrogen-bond acceptors (Lipinski definition) is 4. The number of amides is 1. The van der Waals surface area contributed by atoms with Gasteiger partial charge in [0.05, 0.1) is 6.61 Å². The molecule has 1 amide bonds. The maximum atomic E-state index is 12.5. The molecule has 0 aliphatic heterocycles. The number of carbonyl (C=O) groups is 2. The predicted molar refractivity (Wildman–Crippen MR) is 122 cm³/mol. The molecule has 0 heterocycles. The molecular formula is C25H24ClNO4. The molecule has 31 heavy (non-hydrogen) atoms. The van der Waals surface area contributed by atoms with E-state index in [4.69, 9.17) is 21.1 Å². The number of carbonyl (C=O) groups excluding carboxylic acids is 2. The van der Waals surface area contributed by atoms with Gasteiger partial charge in [-0.15, -0.1) is 0 Å². The van der Waals surface area contributed by atoms with Crippen molar-refractivity contribution in [3.63, 3.8) is 0 Å². The van der Waals surface area contributed by atoms with Crippen molar-refractivity contribution >= 4 is 29.2 Å². The summed E-state index contributed by atoms with van der Waals surface area (Å²) in [6.45, 7) is 4.35. The van der Waals surface area contributed by atoms with Crippen LogP contribution in [0.3, 0.4) is 0 Å². The Morgan fingerprint density at radius 1 is 0.903 bits per heavy atom. The van der Waals surface area contributed by atoms with Gasteiger partial charge in [-0.25, -0.2) is 0 Å². The smallest absolute Gasteiger partial charge is 0.311 e. The molecule has 3 aromatic carbocycles. The van der Waals surface area contributed by atoms with Gasteiger partial charge in [0.1, 0.15) is 11.5 Å². The van der Waals surface area contributed by atoms with Crippen LogP contribution in [0.2, 0.25) is 5.02 Å². The third kappa shape index (κ3) is 6.86. The minimum absolute atomic E-state index is 0.218. The summed E-state index contributed by atoms with van der Waals surface area (Å²) in [6.07, 6.45) is 0.750. The van der Waals surface area contributed by atoms with Gasteiger partial charge in [0.2, 0.25) is 0 Å². The number of esters is 1. The van der Waals surface area contributed by atoms with E-state index in [-0.39, 0.29) is 18.3 Å². The van der Waals surface area contributed by atoms with E-state index in [1.165, 1.54) is 0 Å². The number of nitrogens with one attached hydrogen (secondary N) is 1. The van der Waals surface area contributed by atoms with Gasteiger partial charge < -0.3 is 14.8 Å². The molecule has 0 spiro atoms. The molecule has 160 valence electrons. The minimum atomic E-state index is -0.354. The van der Waals surface area contributed by atoms with E-state index in [0.717, 1.165) is 16.8 Å². The van der Waals surface area contributed by atoms with Crippen molar-refractivity contribution in [2.75, 3.05) is 11.9 Å². The Kier molecular flexibility index (Phi) is 7.68. The van der Waals surface area contributed by atoms with Crippen molar-refractivity contribution in [2.24, 2.45) is 0 Å². The highest BCUT2D eigenvalue weighted by atomic mass is 35.5. The van der Waals surface area contributed by atoms with E-state index >= 15 is 0 Å². The molecule has 5 nitrogen and oxygen atoms in total. The third-order valence-electron chi connectivity index (χ3n) is 4.59. The molecule has 1 N–H and O–H groups in total. The van der Waals surface area contributed by atoms with Gasteiger partial charge in [0.15, 0.2) is 0 Å². The minimum Gasteiger partial charge on any atom is -0.494 e. The quantitative estimate of drug-likeness (QED) is 0.267. The molecule has 6 heteroatoms. The number of anilines is 1. The van der Waals surface area contributed by atoms with Crippen LogP contribution in [0.5, 0.6) is 11.5 Å². The molecule has 0 saturated heterocycles. The zero-order valence-corrected chi connectivity index (χ0v) is 18.2. The van der Waals surface area contributed by atoms with Crippen molar-refractivity contribution in [3.05, 3.63) is 88.4 Å². The van der Waals surface area contributed by atoms with Crippen molar-refractivity contribution in [2.45, 2.75) is 26.7 Å². The van der Waals surface area contributed by atoms with E-state index in [9.17, 15) is 9.59 Å². The van der Waals surface area contributed by atoms with Crippen LogP contribution in [0.25, 0.3) is 0 Å². The first-order valence-electron chi connectivity index (χ1n) is 9.98. The Balaban J connectivity index is 1.44. The van der Waals surface area contributed by atoms with Gasteiger partial charge >= 0.3 is 5.97 Å². The summed E-state index contributed by atoms with van der Waals surface area (Å²) in [4.78, 5) is 24.5. The van der Waals surface area contributed by atoms with Crippen LogP contribution in [-0.4, -0.2) is 18.5 Å². The van der Waals surface area contributed by atoms with Crippen LogP contribution in [0, 0.1) is 13.8 Å². The highest BCUT2D eigenvalue weighted by molar-refractivity contribution is 6.30. The fraction of sp³-hybridized carbons (Fsp3) is 0.200. The molecule has 0 aliphatic carbocycles. The summed E-state index contributed by atoms with van der Waals surface area (Å²) in [5.41, 5.74) is 3.39.